The van der Waals surface area contributed by atoms with Gasteiger partial charge in [0.25, 0.3) is 0 Å². The third-order valence-electron chi connectivity index (χ3n) is 13.9. The van der Waals surface area contributed by atoms with Gasteiger partial charge in [-0.2, -0.15) is 0 Å². The van der Waals surface area contributed by atoms with Crippen molar-refractivity contribution >= 4 is 43.1 Å². The second-order valence-corrected chi connectivity index (χ2v) is 18.7. The minimum absolute atomic E-state index is 0.00707. The first-order chi connectivity index (χ1) is 39.2. The molecule has 82 heavy (non-hydrogen) atoms. The molecule has 0 heterocycles. The first-order valence-corrected chi connectivity index (χ1v) is 24.1. The largest absolute Gasteiger partial charge is 0.507 e. The molecule has 0 saturated carbocycles. The highest BCUT2D eigenvalue weighted by Crippen LogP contribution is 2.54. The predicted octanol–water partition coefficient (Wildman–Crippen LogP) is 18.8. The Labute approximate surface area is 452 Å². The Balaban J connectivity index is 0.000000174. The Morgan fingerprint density at radius 1 is 0.207 bits per heavy atom. The van der Waals surface area contributed by atoms with Crippen molar-refractivity contribution in [1.29, 1.82) is 0 Å². The van der Waals surface area contributed by atoms with Gasteiger partial charge in [0.2, 0.25) is 11.6 Å². The third-order valence-corrected chi connectivity index (χ3v) is 13.9. The molecule has 0 unspecified atom stereocenters. The van der Waals surface area contributed by atoms with Crippen LogP contribution in [0.2, 0.25) is 0 Å². The molecule has 4 N–H and O–H groups in total. The summed E-state index contributed by atoms with van der Waals surface area (Å²) >= 11 is 0. The monoisotopic (exact) mass is 1130 g/mol. The molecular weight excluding hydrogens is 1100 g/mol. The quantitative estimate of drug-likeness (QED) is 0.0760. The second kappa shape index (κ2) is 20.5. The summed E-state index contributed by atoms with van der Waals surface area (Å²) in [5.74, 6) is -29.4. The van der Waals surface area contributed by atoms with Crippen molar-refractivity contribution in [3.63, 3.8) is 0 Å². The van der Waals surface area contributed by atoms with Gasteiger partial charge in [0.15, 0.2) is 46.5 Å². The maximum absolute atomic E-state index is 15.0. The molecule has 0 radical (unpaired) electrons. The Morgan fingerprint density at radius 2 is 0.415 bits per heavy atom. The lowest BCUT2D eigenvalue weighted by Gasteiger charge is -2.20. The van der Waals surface area contributed by atoms with Gasteiger partial charge < -0.3 is 20.4 Å². The summed E-state index contributed by atoms with van der Waals surface area (Å²) in [6.45, 7) is 0. The van der Waals surface area contributed by atoms with Crippen LogP contribution in [0.25, 0.3) is 110 Å². The number of aromatic hydroxyl groups is 4. The van der Waals surface area contributed by atoms with E-state index in [2.05, 4.69) is 0 Å². The molecule has 12 aromatic rings. The van der Waals surface area contributed by atoms with Crippen molar-refractivity contribution in [2.75, 3.05) is 0 Å². The lowest BCUT2D eigenvalue weighted by molar-refractivity contribution is 0.380. The summed E-state index contributed by atoms with van der Waals surface area (Å²) in [4.78, 5) is 0. The predicted molar refractivity (Wildman–Crippen MR) is 282 cm³/mol. The highest BCUT2D eigenvalue weighted by molar-refractivity contribution is 6.15. The molecule has 0 atom stereocenters. The Morgan fingerprint density at radius 3 is 0.671 bits per heavy atom. The molecule has 408 valence electrons. The maximum Gasteiger partial charge on any atom is 0.200 e. The molecule has 0 saturated heterocycles. The minimum Gasteiger partial charge on any atom is -0.507 e. The average Bonchev–Trinajstić information content (AvgIpc) is 1.26. The molecule has 0 spiro atoms. The normalized spacial score (nSPS) is 11.5. The van der Waals surface area contributed by atoms with E-state index in [9.17, 15) is 81.9 Å². The van der Waals surface area contributed by atoms with Crippen molar-refractivity contribution < 1.29 is 81.9 Å². The summed E-state index contributed by atoms with van der Waals surface area (Å²) in [6, 6.07) is 36.2. The second-order valence-electron chi connectivity index (χ2n) is 18.7. The van der Waals surface area contributed by atoms with Crippen molar-refractivity contribution in [1.82, 2.24) is 0 Å². The minimum atomic E-state index is -2.46. The molecule has 4 nitrogen and oxygen atoms in total. The highest BCUT2D eigenvalue weighted by atomic mass is 19.2. The zero-order valence-electron chi connectivity index (χ0n) is 41.1. The lowest BCUT2D eigenvalue weighted by Crippen LogP contribution is -2.05. The summed E-state index contributed by atoms with van der Waals surface area (Å²) in [5.41, 5.74) is -4.94. The topological polar surface area (TPSA) is 80.9 Å². The van der Waals surface area contributed by atoms with E-state index in [0.717, 1.165) is 48.5 Å². The van der Waals surface area contributed by atoms with Crippen LogP contribution in [0.15, 0.2) is 158 Å². The fraction of sp³-hybridized carbons (Fsp3) is 0. The number of fused-ring (bicyclic) bond motifs is 4. The SMILES string of the molecule is Oc1c(-c2c(F)c(F)c(F)c(F)c2F)cc2ccccc2c1-c1c(O)c(-c2c(F)c(F)c(F)c(F)c2F)cc2ccccc12.Oc1c(-c2cc(F)cc(F)c2)cc2ccccc2c1-c1c(O)c(-c2cc(F)cc(F)c2)cc2ccccc12. The van der Waals surface area contributed by atoms with E-state index >= 15 is 0 Å². The number of phenols is 4. The van der Waals surface area contributed by atoms with Crippen LogP contribution in [0.1, 0.15) is 0 Å². The fourth-order valence-corrected chi connectivity index (χ4v) is 10.3. The Hall–Kier alpha value is -10.1. The van der Waals surface area contributed by atoms with E-state index in [1.54, 1.807) is 60.7 Å². The van der Waals surface area contributed by atoms with E-state index in [4.69, 9.17) is 0 Å². The van der Waals surface area contributed by atoms with Gasteiger partial charge >= 0.3 is 0 Å². The molecule has 0 aromatic heterocycles. The van der Waals surface area contributed by atoms with E-state index < -0.39 is 126 Å². The van der Waals surface area contributed by atoms with Gasteiger partial charge in [0.1, 0.15) is 46.3 Å². The molecule has 0 bridgehead atoms. The van der Waals surface area contributed by atoms with E-state index in [1.165, 1.54) is 48.5 Å². The van der Waals surface area contributed by atoms with Crippen LogP contribution in [0.3, 0.4) is 0 Å². The van der Waals surface area contributed by atoms with Crippen LogP contribution in [0.5, 0.6) is 23.0 Å². The molecule has 12 aromatic carbocycles. The number of phenolic OH excluding ortho intramolecular Hbond substituents is 4. The van der Waals surface area contributed by atoms with Crippen molar-refractivity contribution in [2.45, 2.75) is 0 Å². The van der Waals surface area contributed by atoms with Crippen molar-refractivity contribution in [2.24, 2.45) is 0 Å². The molecule has 12 rings (SSSR count). The standard InChI is InChI=1S/C32H12F10O2.C32H18F4O2/c33-21-19(22(34)26(38)29(41)25(21)37)15-9-11-5-1-3-7-13(11)17(31(15)43)18-14-8-4-2-6-12(14)10-16(32(18)44)20-23(35)27(39)30(42)28(40)24(20)36;33-21-9-19(10-22(34)15-21)27-13-17-5-1-3-7-25(17)29(31(27)37)30-26-8-4-2-6-18(26)14-28(32(30)38)20-11-23(35)16-24(36)12-20/h1-10,43-44H;1-16,37-38H. The molecule has 18 heteroatoms. The highest BCUT2D eigenvalue weighted by Gasteiger charge is 2.34. The number of hydrogen-bond acceptors (Lipinski definition) is 4. The Kier molecular flexibility index (Phi) is 13.5. The number of halogens is 14. The van der Waals surface area contributed by atoms with Gasteiger partial charge in [-0.15, -0.1) is 0 Å². The zero-order valence-corrected chi connectivity index (χ0v) is 41.1. The Bertz CT molecular complexity index is 4300. The summed E-state index contributed by atoms with van der Waals surface area (Å²) in [5, 5.41) is 48.7. The summed E-state index contributed by atoms with van der Waals surface area (Å²) in [6.07, 6.45) is 0. The van der Waals surface area contributed by atoms with Crippen molar-refractivity contribution in [3.05, 3.63) is 239 Å². The lowest BCUT2D eigenvalue weighted by atomic mass is 9.86. The van der Waals surface area contributed by atoms with Crippen LogP contribution in [-0.2, 0) is 0 Å². The van der Waals surface area contributed by atoms with Crippen LogP contribution in [0.4, 0.5) is 61.5 Å². The summed E-state index contributed by atoms with van der Waals surface area (Å²) in [7, 11) is 0. The molecular formula is C64H30F14O4. The van der Waals surface area contributed by atoms with Gasteiger partial charge in [0, 0.05) is 56.6 Å². The van der Waals surface area contributed by atoms with Crippen LogP contribution in [0, 0.1) is 81.4 Å². The number of benzene rings is 12. The number of rotatable bonds is 6. The molecule has 0 fully saturated rings. The van der Waals surface area contributed by atoms with Gasteiger partial charge in [0.05, 0.1) is 11.1 Å². The average molecular weight is 1130 g/mol. The molecule has 0 aliphatic carbocycles. The number of hydrogen-bond donors (Lipinski definition) is 4. The first-order valence-electron chi connectivity index (χ1n) is 24.1. The fourth-order valence-electron chi connectivity index (χ4n) is 10.3. The van der Waals surface area contributed by atoms with Crippen LogP contribution < -0.4 is 0 Å². The van der Waals surface area contributed by atoms with Gasteiger partial charge in [-0.25, -0.2) is 61.5 Å². The smallest absolute Gasteiger partial charge is 0.200 e. The maximum atomic E-state index is 15.0. The van der Waals surface area contributed by atoms with Gasteiger partial charge in [-0.05, 0) is 103 Å². The molecule has 0 aliphatic heterocycles. The van der Waals surface area contributed by atoms with Crippen molar-refractivity contribution in [3.8, 4) is 89.8 Å². The van der Waals surface area contributed by atoms with Gasteiger partial charge in [-0.3, -0.25) is 0 Å². The third kappa shape index (κ3) is 8.83. The molecule has 0 amide bonds. The van der Waals surface area contributed by atoms with E-state index in [-0.39, 0.29) is 66.4 Å². The summed E-state index contributed by atoms with van der Waals surface area (Å²) < 4.78 is 201. The molecule has 0 aliphatic rings. The van der Waals surface area contributed by atoms with Crippen LogP contribution >= 0.6 is 0 Å². The first kappa shape index (κ1) is 53.9. The van der Waals surface area contributed by atoms with E-state index in [0.29, 0.717) is 21.5 Å². The van der Waals surface area contributed by atoms with Gasteiger partial charge in [-0.1, -0.05) is 97.1 Å². The van der Waals surface area contributed by atoms with Crippen LogP contribution in [-0.4, -0.2) is 20.4 Å². The zero-order chi connectivity index (χ0) is 58.3. The van der Waals surface area contributed by atoms with E-state index in [1.807, 2.05) is 0 Å².